The van der Waals surface area contributed by atoms with Crippen molar-refractivity contribution in [2.24, 2.45) is 0 Å². The molecule has 0 radical (unpaired) electrons. The summed E-state index contributed by atoms with van der Waals surface area (Å²) in [5.41, 5.74) is 24.4. The summed E-state index contributed by atoms with van der Waals surface area (Å²) in [6, 6.07) is 159. The van der Waals surface area contributed by atoms with Crippen LogP contribution in [0.1, 0.15) is 0 Å². The zero-order chi connectivity index (χ0) is 81.5. The molecule has 0 aliphatic heterocycles. The van der Waals surface area contributed by atoms with E-state index in [0.717, 1.165) is 87.9 Å². The standard InChI is InChI=1S/2C60H36N2/c1-2-17-38(18-3-1)54-50-28-14-15-29-52(50)61-60-51(54)34-32-39-33-35-53(62-59(39)60)56-44-22-8-12-26-48(44)58(49-27-13-9-23-45(49)56)57-46-24-10-6-20-42(46)55(43-21-7-11-25-47(43)57)41-31-30-37-16-4-5-19-40(37)36-41;1-2-13-38(14-3-1)56-52-20-10-11-21-55(52)62-60-53(56)30-28-39-29-31-54(61-59(39)60)43-25-23-41-34-47-36-45(27-24-42(47)33-46(41)35-43)58-50-18-8-6-16-48(50)57(49-17-7-9-19-51(49)58)44-26-22-37-12-4-5-15-40(37)32-44/h2*1-36H. The smallest absolute Gasteiger partial charge is 0.0978 e. The minimum atomic E-state index is 0.904. The van der Waals surface area contributed by atoms with E-state index < -0.39 is 0 Å². The Hall–Kier alpha value is -16.4. The molecule has 572 valence electrons. The van der Waals surface area contributed by atoms with E-state index in [-0.39, 0.29) is 0 Å². The third-order valence-corrected chi connectivity index (χ3v) is 25.9. The number of hydrogen-bond donors (Lipinski definition) is 0. The largest absolute Gasteiger partial charge is 0.245 e. The van der Waals surface area contributed by atoms with Gasteiger partial charge in [-0.25, -0.2) is 19.9 Å². The van der Waals surface area contributed by atoms with Crippen LogP contribution in [0.4, 0.5) is 0 Å². The lowest BCUT2D eigenvalue weighted by Gasteiger charge is -2.22. The minimum Gasteiger partial charge on any atom is -0.245 e. The SMILES string of the molecule is c1ccc(-c2c3ccccc3nc3c2ccc2ccc(-c4c5ccccc5c(-c5c6ccccc6c(-c6ccc7ccccc7c6)c6ccccc56)c5ccccc45)nc23)cc1.c1ccc(-c2c3ccccc3nc3c2ccc2ccc(-c4ccc5cc6cc(-c7c8ccccc8c(-c8ccc9ccccc9c8)c8ccccc78)ccc6cc5c4)nc23)cc1. The molecule has 0 saturated heterocycles. The van der Waals surface area contributed by atoms with E-state index in [2.05, 4.69) is 437 Å². The Labute approximate surface area is 714 Å². The van der Waals surface area contributed by atoms with Crippen LogP contribution in [0.2, 0.25) is 0 Å². The fraction of sp³-hybridized carbons (Fsp3) is 0. The van der Waals surface area contributed by atoms with Gasteiger partial charge in [0.15, 0.2) is 0 Å². The molecule has 0 aliphatic rings. The Morgan fingerprint density at radius 3 is 0.766 bits per heavy atom. The predicted molar refractivity (Wildman–Crippen MR) is 528 cm³/mol. The summed E-state index contributed by atoms with van der Waals surface area (Å²) in [5, 5.41) is 31.2. The van der Waals surface area contributed by atoms with Gasteiger partial charge >= 0.3 is 0 Å². The lowest BCUT2D eigenvalue weighted by molar-refractivity contribution is 1.40. The van der Waals surface area contributed by atoms with Gasteiger partial charge in [0.05, 0.1) is 44.5 Å². The molecule has 4 heteroatoms. The topological polar surface area (TPSA) is 51.6 Å². The number of nitrogens with zero attached hydrogens (tertiary/aromatic N) is 4. The van der Waals surface area contributed by atoms with Gasteiger partial charge in [-0.15, -0.1) is 0 Å². The number of pyridine rings is 4. The molecule has 0 saturated carbocycles. The lowest BCUT2D eigenvalue weighted by atomic mass is 9.81. The average Bonchev–Trinajstić information content (AvgIpc) is 0.711. The van der Waals surface area contributed by atoms with Gasteiger partial charge in [-0.2, -0.15) is 0 Å². The van der Waals surface area contributed by atoms with E-state index in [1.807, 2.05) is 0 Å². The summed E-state index contributed by atoms with van der Waals surface area (Å²) >= 11 is 0. The highest BCUT2D eigenvalue weighted by atomic mass is 14.8. The van der Waals surface area contributed by atoms with Gasteiger partial charge < -0.3 is 0 Å². The fourth-order valence-electron chi connectivity index (χ4n) is 20.3. The number of benzene rings is 22. The number of rotatable bonds is 8. The maximum Gasteiger partial charge on any atom is 0.0978 e. The van der Waals surface area contributed by atoms with E-state index in [1.165, 1.54) is 174 Å². The first kappa shape index (κ1) is 70.6. The molecule has 0 fully saturated rings. The molecule has 124 heavy (non-hydrogen) atoms. The first-order valence-corrected chi connectivity index (χ1v) is 42.6. The van der Waals surface area contributed by atoms with Crippen LogP contribution in [0.5, 0.6) is 0 Å². The Morgan fingerprint density at radius 2 is 0.371 bits per heavy atom. The van der Waals surface area contributed by atoms with Crippen LogP contribution in [-0.4, -0.2) is 19.9 Å². The number of aromatic nitrogens is 4. The van der Waals surface area contributed by atoms with Crippen molar-refractivity contribution < 1.29 is 0 Å². The second kappa shape index (κ2) is 28.7. The summed E-state index contributed by atoms with van der Waals surface area (Å²) in [5.74, 6) is 0. The van der Waals surface area contributed by atoms with Crippen molar-refractivity contribution in [3.05, 3.63) is 437 Å². The molecule has 0 bridgehead atoms. The van der Waals surface area contributed by atoms with Crippen LogP contribution in [-0.2, 0) is 0 Å². The second-order valence-corrected chi connectivity index (χ2v) is 32.8. The first-order chi connectivity index (χ1) is 61.5. The van der Waals surface area contributed by atoms with Crippen LogP contribution in [0, 0.1) is 0 Å². The summed E-state index contributed by atoms with van der Waals surface area (Å²) in [4.78, 5) is 21.6. The quantitative estimate of drug-likeness (QED) is 0.112. The third kappa shape index (κ3) is 11.5. The number of fused-ring (bicyclic) bond motifs is 18. The monoisotopic (exact) mass is 1570 g/mol. The van der Waals surface area contributed by atoms with Gasteiger partial charge in [-0.05, 0) is 224 Å². The van der Waals surface area contributed by atoms with Crippen LogP contribution < -0.4 is 0 Å². The molecule has 4 aromatic heterocycles. The summed E-state index contributed by atoms with van der Waals surface area (Å²) in [6.07, 6.45) is 0. The van der Waals surface area contributed by atoms with Gasteiger partial charge in [-0.1, -0.05) is 376 Å². The van der Waals surface area contributed by atoms with Crippen molar-refractivity contribution in [2.45, 2.75) is 0 Å². The van der Waals surface area contributed by atoms with Gasteiger partial charge in [0.25, 0.3) is 0 Å². The molecule has 0 atom stereocenters. The normalized spacial score (nSPS) is 11.9. The first-order valence-electron chi connectivity index (χ1n) is 42.6. The van der Waals surface area contributed by atoms with Gasteiger partial charge in [0.1, 0.15) is 0 Å². The van der Waals surface area contributed by atoms with Crippen molar-refractivity contribution >= 4 is 173 Å². The van der Waals surface area contributed by atoms with Gasteiger partial charge in [0, 0.05) is 54.6 Å². The summed E-state index contributed by atoms with van der Waals surface area (Å²) < 4.78 is 0. The van der Waals surface area contributed by atoms with Crippen molar-refractivity contribution in [1.29, 1.82) is 0 Å². The Morgan fingerprint density at radius 1 is 0.113 bits per heavy atom. The highest BCUT2D eigenvalue weighted by Crippen LogP contribution is 2.52. The molecule has 0 aliphatic carbocycles. The van der Waals surface area contributed by atoms with Crippen molar-refractivity contribution in [3.63, 3.8) is 0 Å². The Balaban J connectivity index is 0.000000136. The zero-order valence-corrected chi connectivity index (χ0v) is 67.4. The highest BCUT2D eigenvalue weighted by molar-refractivity contribution is 6.31. The third-order valence-electron chi connectivity index (χ3n) is 25.9. The molecule has 22 aromatic carbocycles. The van der Waals surface area contributed by atoms with Crippen LogP contribution in [0.3, 0.4) is 0 Å². The van der Waals surface area contributed by atoms with E-state index in [9.17, 15) is 0 Å². The molecule has 26 aromatic rings. The predicted octanol–water partition coefficient (Wildman–Crippen LogP) is 32.7. The van der Waals surface area contributed by atoms with Crippen LogP contribution in [0.25, 0.3) is 262 Å². The van der Waals surface area contributed by atoms with Gasteiger partial charge in [-0.3, -0.25) is 0 Å². The van der Waals surface area contributed by atoms with Crippen molar-refractivity contribution in [3.8, 4) is 89.3 Å². The molecule has 4 nitrogen and oxygen atoms in total. The van der Waals surface area contributed by atoms with E-state index in [4.69, 9.17) is 19.9 Å². The summed E-state index contributed by atoms with van der Waals surface area (Å²) in [6.45, 7) is 0. The fourth-order valence-corrected chi connectivity index (χ4v) is 20.3. The zero-order valence-electron chi connectivity index (χ0n) is 67.4. The molecule has 4 heterocycles. The Bertz CT molecular complexity index is 8830. The molecule has 0 unspecified atom stereocenters. The number of para-hydroxylation sites is 2. The highest BCUT2D eigenvalue weighted by Gasteiger charge is 2.26. The van der Waals surface area contributed by atoms with E-state index >= 15 is 0 Å². The maximum atomic E-state index is 5.62. The molecule has 0 N–H and O–H groups in total. The average molecular weight is 1570 g/mol. The van der Waals surface area contributed by atoms with Crippen LogP contribution >= 0.6 is 0 Å². The molecular formula is C120H72N4. The minimum absolute atomic E-state index is 0.904. The van der Waals surface area contributed by atoms with Crippen molar-refractivity contribution in [1.82, 2.24) is 19.9 Å². The molecular weight excluding hydrogens is 1500 g/mol. The molecule has 26 rings (SSSR count). The van der Waals surface area contributed by atoms with Crippen molar-refractivity contribution in [2.75, 3.05) is 0 Å². The Kier molecular flexibility index (Phi) is 16.3. The molecule has 0 spiro atoms. The second-order valence-electron chi connectivity index (χ2n) is 32.8. The summed E-state index contributed by atoms with van der Waals surface area (Å²) in [7, 11) is 0. The van der Waals surface area contributed by atoms with Crippen LogP contribution in [0.15, 0.2) is 437 Å². The maximum absolute atomic E-state index is 5.62. The molecule has 0 amide bonds. The number of hydrogen-bond acceptors (Lipinski definition) is 4. The van der Waals surface area contributed by atoms with E-state index in [0.29, 0.717) is 0 Å². The lowest BCUT2D eigenvalue weighted by Crippen LogP contribution is -1.96. The van der Waals surface area contributed by atoms with Gasteiger partial charge in [0.2, 0.25) is 0 Å². The van der Waals surface area contributed by atoms with E-state index in [1.54, 1.807) is 0 Å².